The smallest absolute Gasteiger partial charge is 0.255 e. The molecular formula is C26H25Cl2N3O5S. The van der Waals surface area contributed by atoms with Crippen LogP contribution in [0.15, 0.2) is 89.4 Å². The maximum Gasteiger partial charge on any atom is 0.255 e. The molecule has 0 bridgehead atoms. The lowest BCUT2D eigenvalue weighted by atomic mass is 10.2. The predicted molar refractivity (Wildman–Crippen MR) is 145 cm³/mol. The fraction of sp³-hybridized carbons (Fsp3) is 0.154. The quantitative estimate of drug-likeness (QED) is 0.192. The van der Waals surface area contributed by atoms with Crippen LogP contribution in [-0.2, 0) is 21.4 Å². The average Bonchev–Trinajstić information content (AvgIpc) is 2.89. The molecule has 0 aliphatic rings. The van der Waals surface area contributed by atoms with Crippen LogP contribution in [0.5, 0.6) is 11.5 Å². The third kappa shape index (κ3) is 7.80. The van der Waals surface area contributed by atoms with Gasteiger partial charge in [-0.1, -0.05) is 60.1 Å². The molecule has 3 aromatic carbocycles. The van der Waals surface area contributed by atoms with Crippen molar-refractivity contribution in [2.24, 2.45) is 5.10 Å². The van der Waals surface area contributed by atoms with Gasteiger partial charge < -0.3 is 9.47 Å². The Morgan fingerprint density at radius 3 is 2.51 bits per heavy atom. The van der Waals surface area contributed by atoms with Gasteiger partial charge in [0.1, 0.15) is 6.61 Å². The Kier molecular flexibility index (Phi) is 10.1. The third-order valence-corrected chi connectivity index (χ3v) is 7.40. The zero-order valence-corrected chi connectivity index (χ0v) is 22.3. The molecule has 0 radical (unpaired) electrons. The molecule has 3 aromatic rings. The van der Waals surface area contributed by atoms with Crippen molar-refractivity contribution < 1.29 is 22.7 Å². The minimum atomic E-state index is -4.03. The van der Waals surface area contributed by atoms with E-state index in [0.717, 1.165) is 4.31 Å². The lowest BCUT2D eigenvalue weighted by Crippen LogP contribution is -2.39. The zero-order chi connectivity index (χ0) is 26.8. The fourth-order valence-corrected chi connectivity index (χ4v) is 5.08. The number of hydrogen-bond acceptors (Lipinski definition) is 6. The normalized spacial score (nSPS) is 11.5. The lowest BCUT2D eigenvalue weighted by Gasteiger charge is -2.22. The molecular weight excluding hydrogens is 537 g/mol. The van der Waals surface area contributed by atoms with Gasteiger partial charge in [-0.2, -0.15) is 9.41 Å². The van der Waals surface area contributed by atoms with Crippen molar-refractivity contribution >= 4 is 45.3 Å². The van der Waals surface area contributed by atoms with Crippen LogP contribution in [0.4, 0.5) is 0 Å². The van der Waals surface area contributed by atoms with Gasteiger partial charge in [-0.05, 0) is 53.6 Å². The highest BCUT2D eigenvalue weighted by Gasteiger charge is 2.27. The number of hydrazone groups is 1. The van der Waals surface area contributed by atoms with Crippen molar-refractivity contribution in [1.82, 2.24) is 9.73 Å². The monoisotopic (exact) mass is 561 g/mol. The summed E-state index contributed by atoms with van der Waals surface area (Å²) >= 11 is 12.2. The minimum Gasteiger partial charge on any atom is -0.493 e. The van der Waals surface area contributed by atoms with Crippen molar-refractivity contribution in [1.29, 1.82) is 0 Å². The Labute approximate surface area is 226 Å². The van der Waals surface area contributed by atoms with Crippen LogP contribution in [0, 0.1) is 0 Å². The molecule has 8 nitrogen and oxygen atoms in total. The number of ether oxygens (including phenoxy) is 2. The molecule has 1 amide bonds. The van der Waals surface area contributed by atoms with Crippen molar-refractivity contribution in [3.8, 4) is 11.5 Å². The van der Waals surface area contributed by atoms with E-state index < -0.39 is 22.5 Å². The van der Waals surface area contributed by atoms with Crippen molar-refractivity contribution in [2.75, 3.05) is 20.3 Å². The number of rotatable bonds is 12. The number of carbonyl (C=O) groups is 1. The van der Waals surface area contributed by atoms with Crippen LogP contribution in [0.2, 0.25) is 10.0 Å². The number of hydrogen-bond donors (Lipinski definition) is 1. The van der Waals surface area contributed by atoms with Gasteiger partial charge in [0.05, 0.1) is 24.8 Å². The van der Waals surface area contributed by atoms with E-state index in [1.807, 2.05) is 0 Å². The average molecular weight is 562 g/mol. The summed E-state index contributed by atoms with van der Waals surface area (Å²) in [7, 11) is -2.52. The largest absolute Gasteiger partial charge is 0.493 e. The van der Waals surface area contributed by atoms with Gasteiger partial charge in [0.15, 0.2) is 11.5 Å². The molecule has 0 fully saturated rings. The highest BCUT2D eigenvalue weighted by Crippen LogP contribution is 2.28. The van der Waals surface area contributed by atoms with E-state index in [0.29, 0.717) is 34.3 Å². The SMILES string of the molecule is C=CCOc1ccc(/C=N\NC(=O)CN(Cc2ccc(Cl)cc2Cl)S(=O)(=O)c2ccccc2)cc1OC. The summed E-state index contributed by atoms with van der Waals surface area (Å²) in [4.78, 5) is 12.8. The predicted octanol–water partition coefficient (Wildman–Crippen LogP) is 4.91. The number of nitrogens with one attached hydrogen (secondary N) is 1. The summed E-state index contributed by atoms with van der Waals surface area (Å²) in [5.74, 6) is 0.377. The second-order valence-electron chi connectivity index (χ2n) is 7.63. The van der Waals surface area contributed by atoms with E-state index in [1.165, 1.54) is 31.5 Å². The minimum absolute atomic E-state index is 0.0437. The van der Waals surface area contributed by atoms with Crippen molar-refractivity contribution in [3.05, 3.63) is 101 Å². The number of benzene rings is 3. The first kappa shape index (κ1) is 28.2. The molecule has 11 heteroatoms. The van der Waals surface area contributed by atoms with Crippen LogP contribution in [0.25, 0.3) is 0 Å². The van der Waals surface area contributed by atoms with Crippen LogP contribution >= 0.6 is 23.2 Å². The molecule has 0 aromatic heterocycles. The molecule has 0 heterocycles. The van der Waals surface area contributed by atoms with Crippen molar-refractivity contribution in [3.63, 3.8) is 0 Å². The second-order valence-corrected chi connectivity index (χ2v) is 10.4. The fourth-order valence-electron chi connectivity index (χ4n) is 3.21. The Hall–Kier alpha value is -3.37. The molecule has 1 N–H and O–H groups in total. The van der Waals surface area contributed by atoms with Gasteiger partial charge in [0.25, 0.3) is 5.91 Å². The number of amides is 1. The molecule has 0 saturated carbocycles. The zero-order valence-electron chi connectivity index (χ0n) is 19.9. The standard InChI is InChI=1S/C26H25Cl2N3O5S/c1-3-13-36-24-12-9-19(14-25(24)35-2)16-29-30-26(32)18-31(17-20-10-11-21(27)15-23(20)28)37(33,34)22-7-5-4-6-8-22/h3-12,14-16H,1,13,17-18H2,2H3,(H,30,32)/b29-16-. The maximum absolute atomic E-state index is 13.3. The van der Waals surface area contributed by atoms with Crippen LogP contribution in [0.1, 0.15) is 11.1 Å². The summed E-state index contributed by atoms with van der Waals surface area (Å²) in [5.41, 5.74) is 3.49. The van der Waals surface area contributed by atoms with Gasteiger partial charge in [0.2, 0.25) is 10.0 Å². The molecule has 0 spiro atoms. The van der Waals surface area contributed by atoms with E-state index in [-0.39, 0.29) is 16.5 Å². The van der Waals surface area contributed by atoms with Gasteiger partial charge in [-0.25, -0.2) is 13.8 Å². The van der Waals surface area contributed by atoms with Gasteiger partial charge in [-0.15, -0.1) is 0 Å². The third-order valence-electron chi connectivity index (χ3n) is 5.01. The second kappa shape index (κ2) is 13.3. The Balaban J connectivity index is 1.76. The Morgan fingerprint density at radius 2 is 1.84 bits per heavy atom. The first-order valence-electron chi connectivity index (χ1n) is 11.0. The van der Waals surface area contributed by atoms with E-state index in [2.05, 4.69) is 17.1 Å². The number of nitrogens with zero attached hydrogens (tertiary/aromatic N) is 2. The molecule has 0 atom stereocenters. The number of sulfonamides is 1. The molecule has 0 aliphatic heterocycles. The Bertz CT molecular complexity index is 1380. The Morgan fingerprint density at radius 1 is 1.08 bits per heavy atom. The number of halogens is 2. The summed E-state index contributed by atoms with van der Waals surface area (Å²) < 4.78 is 38.5. The van der Waals surface area contributed by atoms with Crippen LogP contribution in [-0.4, -0.2) is 45.1 Å². The van der Waals surface area contributed by atoms with Crippen molar-refractivity contribution in [2.45, 2.75) is 11.4 Å². The summed E-state index contributed by atoms with van der Waals surface area (Å²) in [5, 5.41) is 4.65. The molecule has 194 valence electrons. The van der Waals surface area contributed by atoms with Gasteiger partial charge in [0, 0.05) is 16.6 Å². The number of methoxy groups -OCH3 is 1. The molecule has 0 aliphatic carbocycles. The van der Waals surface area contributed by atoms with Crippen LogP contribution < -0.4 is 14.9 Å². The van der Waals surface area contributed by atoms with Crippen LogP contribution in [0.3, 0.4) is 0 Å². The van der Waals surface area contributed by atoms with E-state index in [9.17, 15) is 13.2 Å². The first-order valence-corrected chi connectivity index (χ1v) is 13.2. The summed E-state index contributed by atoms with van der Waals surface area (Å²) in [6.45, 7) is 3.29. The lowest BCUT2D eigenvalue weighted by molar-refractivity contribution is -0.121. The molecule has 3 rings (SSSR count). The topological polar surface area (TPSA) is 97.3 Å². The molecule has 0 saturated heterocycles. The highest BCUT2D eigenvalue weighted by molar-refractivity contribution is 7.89. The summed E-state index contributed by atoms with van der Waals surface area (Å²) in [6, 6.07) is 17.7. The van der Waals surface area contributed by atoms with Gasteiger partial charge in [-0.3, -0.25) is 4.79 Å². The molecule has 0 unspecified atom stereocenters. The first-order chi connectivity index (χ1) is 17.7. The summed E-state index contributed by atoms with van der Waals surface area (Å²) in [6.07, 6.45) is 3.02. The van der Waals surface area contributed by atoms with Gasteiger partial charge >= 0.3 is 0 Å². The number of carbonyl (C=O) groups excluding carboxylic acids is 1. The van der Waals surface area contributed by atoms with E-state index in [1.54, 1.807) is 54.6 Å². The van der Waals surface area contributed by atoms with E-state index >= 15 is 0 Å². The maximum atomic E-state index is 13.3. The van der Waals surface area contributed by atoms with E-state index in [4.69, 9.17) is 32.7 Å². The molecule has 37 heavy (non-hydrogen) atoms. The highest BCUT2D eigenvalue weighted by atomic mass is 35.5.